The van der Waals surface area contributed by atoms with Crippen LogP contribution in [-0.2, 0) is 15.1 Å². The molecule has 0 bridgehead atoms. The van der Waals surface area contributed by atoms with Gasteiger partial charge in [-0.05, 0) is 18.7 Å². The molecule has 0 amide bonds. The average Bonchev–Trinajstić information content (AvgIpc) is 2.30. The van der Waals surface area contributed by atoms with E-state index in [4.69, 9.17) is 10.5 Å². The van der Waals surface area contributed by atoms with Gasteiger partial charge in [0.15, 0.2) is 0 Å². The molecule has 0 aliphatic carbocycles. The Morgan fingerprint density at radius 1 is 1.44 bits per heavy atom. The summed E-state index contributed by atoms with van der Waals surface area (Å²) in [6.45, 7) is 2.13. The molecule has 1 unspecified atom stereocenters. The van der Waals surface area contributed by atoms with Crippen LogP contribution in [0, 0.1) is 0 Å². The van der Waals surface area contributed by atoms with Crippen LogP contribution in [0.5, 0.6) is 0 Å². The molecule has 4 heteroatoms. The summed E-state index contributed by atoms with van der Waals surface area (Å²) in [5.74, 6) is 0.145. The van der Waals surface area contributed by atoms with Crippen molar-refractivity contribution >= 4 is 17.7 Å². The first-order valence-electron chi connectivity index (χ1n) is 5.15. The van der Waals surface area contributed by atoms with Crippen LogP contribution in [0.15, 0.2) is 30.3 Å². The predicted octanol–water partition coefficient (Wildman–Crippen LogP) is 1.77. The van der Waals surface area contributed by atoms with E-state index in [1.165, 1.54) is 11.8 Å². The third kappa shape index (κ3) is 2.77. The van der Waals surface area contributed by atoms with Crippen LogP contribution >= 0.6 is 11.8 Å². The summed E-state index contributed by atoms with van der Waals surface area (Å²) in [5.41, 5.74) is 5.91. The zero-order valence-corrected chi connectivity index (χ0v) is 10.4. The normalized spacial score (nSPS) is 14.2. The van der Waals surface area contributed by atoms with Gasteiger partial charge in [0, 0.05) is 5.75 Å². The highest BCUT2D eigenvalue weighted by Gasteiger charge is 2.36. The molecule has 0 saturated carbocycles. The standard InChI is InChI=1S/C12H17NO2S/c1-3-15-11(14)12(13,9-16-2)10-7-5-4-6-8-10/h4-8H,3,9,13H2,1-2H3. The van der Waals surface area contributed by atoms with Crippen LogP contribution in [0.2, 0.25) is 0 Å². The van der Waals surface area contributed by atoms with Gasteiger partial charge < -0.3 is 10.5 Å². The molecule has 0 fully saturated rings. The number of nitrogens with two attached hydrogens (primary N) is 1. The number of esters is 1. The van der Waals surface area contributed by atoms with E-state index in [0.29, 0.717) is 12.4 Å². The van der Waals surface area contributed by atoms with E-state index in [1.807, 2.05) is 36.6 Å². The van der Waals surface area contributed by atoms with E-state index in [-0.39, 0.29) is 5.97 Å². The average molecular weight is 239 g/mol. The lowest BCUT2D eigenvalue weighted by molar-refractivity contribution is -0.149. The maximum absolute atomic E-state index is 11.9. The quantitative estimate of drug-likeness (QED) is 0.796. The van der Waals surface area contributed by atoms with Gasteiger partial charge in [0.2, 0.25) is 0 Å². The van der Waals surface area contributed by atoms with Gasteiger partial charge >= 0.3 is 5.97 Å². The molecule has 0 heterocycles. The van der Waals surface area contributed by atoms with Crippen LogP contribution in [0.4, 0.5) is 0 Å². The summed E-state index contributed by atoms with van der Waals surface area (Å²) in [6, 6.07) is 9.35. The number of hydrogen-bond donors (Lipinski definition) is 1. The van der Waals surface area contributed by atoms with Crippen molar-refractivity contribution in [2.75, 3.05) is 18.6 Å². The Kier molecular flexibility index (Phi) is 4.83. The molecule has 0 aromatic heterocycles. The van der Waals surface area contributed by atoms with Crippen LogP contribution in [0.25, 0.3) is 0 Å². The molecule has 0 spiro atoms. The molecule has 1 rings (SSSR count). The van der Waals surface area contributed by atoms with Gasteiger partial charge in [0.25, 0.3) is 0 Å². The Morgan fingerprint density at radius 3 is 2.56 bits per heavy atom. The summed E-state index contributed by atoms with van der Waals surface area (Å²) < 4.78 is 5.04. The highest BCUT2D eigenvalue weighted by Crippen LogP contribution is 2.23. The largest absolute Gasteiger partial charge is 0.464 e. The number of thioether (sulfide) groups is 1. The molecular formula is C12H17NO2S. The van der Waals surface area contributed by atoms with Crippen molar-refractivity contribution in [1.82, 2.24) is 0 Å². The van der Waals surface area contributed by atoms with E-state index < -0.39 is 5.54 Å². The number of carbonyl (C=O) groups excluding carboxylic acids is 1. The Hall–Kier alpha value is -1.00. The SMILES string of the molecule is CCOC(=O)C(N)(CSC)c1ccccc1. The van der Waals surface area contributed by atoms with Crippen LogP contribution < -0.4 is 5.73 Å². The van der Waals surface area contributed by atoms with Gasteiger partial charge in [-0.2, -0.15) is 11.8 Å². The van der Waals surface area contributed by atoms with Gasteiger partial charge in [-0.3, -0.25) is 0 Å². The number of rotatable bonds is 5. The molecular weight excluding hydrogens is 222 g/mol. The molecule has 3 nitrogen and oxygen atoms in total. The van der Waals surface area contributed by atoms with E-state index in [2.05, 4.69) is 0 Å². The van der Waals surface area contributed by atoms with Crippen molar-refractivity contribution in [1.29, 1.82) is 0 Å². The van der Waals surface area contributed by atoms with E-state index in [0.717, 1.165) is 5.56 Å². The lowest BCUT2D eigenvalue weighted by Crippen LogP contribution is -2.48. The van der Waals surface area contributed by atoms with E-state index in [9.17, 15) is 4.79 Å². The Morgan fingerprint density at radius 2 is 2.06 bits per heavy atom. The minimum absolute atomic E-state index is 0.346. The summed E-state index contributed by atoms with van der Waals surface area (Å²) in [6.07, 6.45) is 1.92. The van der Waals surface area contributed by atoms with E-state index >= 15 is 0 Å². The molecule has 2 N–H and O–H groups in total. The fraction of sp³-hybridized carbons (Fsp3) is 0.417. The molecule has 88 valence electrons. The summed E-state index contributed by atoms with van der Waals surface area (Å²) in [4.78, 5) is 11.9. The van der Waals surface area contributed by atoms with Gasteiger partial charge in [0.05, 0.1) is 6.61 Å². The third-order valence-corrected chi connectivity index (χ3v) is 3.04. The lowest BCUT2D eigenvalue weighted by Gasteiger charge is -2.26. The Bertz CT molecular complexity index is 342. The van der Waals surface area contributed by atoms with Gasteiger partial charge in [-0.15, -0.1) is 0 Å². The molecule has 0 saturated heterocycles. The van der Waals surface area contributed by atoms with Crippen molar-refractivity contribution in [3.8, 4) is 0 Å². The second kappa shape index (κ2) is 5.92. The lowest BCUT2D eigenvalue weighted by atomic mass is 9.93. The third-order valence-electron chi connectivity index (χ3n) is 2.30. The fourth-order valence-electron chi connectivity index (χ4n) is 1.48. The molecule has 0 aliphatic rings. The van der Waals surface area contributed by atoms with Crippen molar-refractivity contribution in [2.45, 2.75) is 12.5 Å². The fourth-order valence-corrected chi connectivity index (χ4v) is 2.22. The molecule has 0 radical (unpaired) electrons. The van der Waals surface area contributed by atoms with Crippen molar-refractivity contribution in [2.24, 2.45) is 5.73 Å². The highest BCUT2D eigenvalue weighted by molar-refractivity contribution is 7.98. The number of benzene rings is 1. The van der Waals surface area contributed by atoms with Crippen molar-refractivity contribution in [3.05, 3.63) is 35.9 Å². The second-order valence-corrected chi connectivity index (χ2v) is 4.36. The first-order valence-corrected chi connectivity index (χ1v) is 6.55. The van der Waals surface area contributed by atoms with Gasteiger partial charge in [0.1, 0.15) is 5.54 Å². The number of ether oxygens (including phenoxy) is 1. The Labute approximate surface area is 100 Å². The van der Waals surface area contributed by atoms with Gasteiger partial charge in [-0.1, -0.05) is 30.3 Å². The summed E-state index contributed by atoms with van der Waals surface area (Å²) in [5, 5.41) is 0. The van der Waals surface area contributed by atoms with Crippen molar-refractivity contribution < 1.29 is 9.53 Å². The Balaban J connectivity index is 3.01. The number of carbonyl (C=O) groups is 1. The van der Waals surface area contributed by atoms with Gasteiger partial charge in [-0.25, -0.2) is 4.79 Å². The molecule has 16 heavy (non-hydrogen) atoms. The zero-order valence-electron chi connectivity index (χ0n) is 9.60. The van der Waals surface area contributed by atoms with Crippen LogP contribution in [0.3, 0.4) is 0 Å². The van der Waals surface area contributed by atoms with Crippen molar-refractivity contribution in [3.63, 3.8) is 0 Å². The molecule has 1 atom stereocenters. The predicted molar refractivity (Wildman–Crippen MR) is 67.3 cm³/mol. The minimum Gasteiger partial charge on any atom is -0.464 e. The summed E-state index contributed by atoms with van der Waals surface area (Å²) in [7, 11) is 0. The maximum Gasteiger partial charge on any atom is 0.331 e. The smallest absolute Gasteiger partial charge is 0.331 e. The zero-order chi connectivity index (χ0) is 12.0. The first kappa shape index (κ1) is 13.1. The maximum atomic E-state index is 11.9. The van der Waals surface area contributed by atoms with E-state index in [1.54, 1.807) is 6.92 Å². The highest BCUT2D eigenvalue weighted by atomic mass is 32.2. The molecule has 1 aromatic carbocycles. The summed E-state index contributed by atoms with van der Waals surface area (Å²) >= 11 is 1.53. The molecule has 1 aromatic rings. The monoisotopic (exact) mass is 239 g/mol. The minimum atomic E-state index is -1.04. The van der Waals surface area contributed by atoms with Crippen LogP contribution in [0.1, 0.15) is 12.5 Å². The second-order valence-electron chi connectivity index (χ2n) is 3.49. The topological polar surface area (TPSA) is 52.3 Å². The number of hydrogen-bond acceptors (Lipinski definition) is 4. The first-order chi connectivity index (χ1) is 7.65. The van der Waals surface area contributed by atoms with Crippen LogP contribution in [-0.4, -0.2) is 24.6 Å². The molecule has 0 aliphatic heterocycles.